The first-order valence-electron chi connectivity index (χ1n) is 4.89. The van der Waals surface area contributed by atoms with Crippen molar-refractivity contribution >= 4 is 5.97 Å². The lowest BCUT2D eigenvalue weighted by Gasteiger charge is -2.34. The normalized spacial score (nSPS) is 34.6. The summed E-state index contributed by atoms with van der Waals surface area (Å²) in [6, 6.07) is 0. The Balaban J connectivity index is 2.07. The van der Waals surface area contributed by atoms with E-state index >= 15 is 0 Å². The molecule has 0 saturated heterocycles. The van der Waals surface area contributed by atoms with Gasteiger partial charge in [-0.2, -0.15) is 0 Å². The number of aliphatic carboxylic acids is 1. The van der Waals surface area contributed by atoms with Gasteiger partial charge in [-0.05, 0) is 37.5 Å². The Labute approximate surface area is 78.0 Å². The van der Waals surface area contributed by atoms with Crippen LogP contribution in [0.15, 0.2) is 23.8 Å². The first kappa shape index (κ1) is 8.54. The molecule has 70 valence electrons. The van der Waals surface area contributed by atoms with E-state index in [2.05, 4.69) is 12.2 Å². The SMILES string of the molecule is O=C(O)C1=CC2CC/C=C/CCC12. The third-order valence-corrected chi connectivity index (χ3v) is 3.03. The van der Waals surface area contributed by atoms with Crippen molar-refractivity contribution in [3.63, 3.8) is 0 Å². The number of allylic oxidation sites excluding steroid dienone is 3. The monoisotopic (exact) mass is 178 g/mol. The Morgan fingerprint density at radius 1 is 1.31 bits per heavy atom. The quantitative estimate of drug-likeness (QED) is 0.626. The van der Waals surface area contributed by atoms with Crippen LogP contribution in [0.25, 0.3) is 0 Å². The summed E-state index contributed by atoms with van der Waals surface area (Å²) in [5, 5.41) is 8.85. The van der Waals surface area contributed by atoms with E-state index in [-0.39, 0.29) is 0 Å². The van der Waals surface area contributed by atoms with Crippen LogP contribution in [0.3, 0.4) is 0 Å². The van der Waals surface area contributed by atoms with Crippen molar-refractivity contribution in [2.45, 2.75) is 25.7 Å². The van der Waals surface area contributed by atoms with Gasteiger partial charge in [-0.1, -0.05) is 18.2 Å². The van der Waals surface area contributed by atoms with Gasteiger partial charge in [0, 0.05) is 5.57 Å². The predicted molar refractivity (Wildman–Crippen MR) is 50.3 cm³/mol. The summed E-state index contributed by atoms with van der Waals surface area (Å²) in [6.07, 6.45) is 10.6. The minimum Gasteiger partial charge on any atom is -0.478 e. The topological polar surface area (TPSA) is 37.3 Å². The van der Waals surface area contributed by atoms with Crippen LogP contribution in [0.4, 0.5) is 0 Å². The van der Waals surface area contributed by atoms with E-state index in [1.54, 1.807) is 0 Å². The number of carbonyl (C=O) groups is 1. The van der Waals surface area contributed by atoms with Gasteiger partial charge < -0.3 is 5.11 Å². The van der Waals surface area contributed by atoms with Crippen molar-refractivity contribution in [3.8, 4) is 0 Å². The molecule has 0 bridgehead atoms. The maximum atomic E-state index is 10.7. The molecule has 1 N–H and O–H groups in total. The predicted octanol–water partition coefficient (Wildman–Crippen LogP) is 2.37. The molecule has 0 heterocycles. The minimum absolute atomic E-state index is 0.336. The molecule has 2 aliphatic carbocycles. The summed E-state index contributed by atoms with van der Waals surface area (Å²) in [7, 11) is 0. The molecule has 0 aromatic heterocycles. The number of hydrogen-bond donors (Lipinski definition) is 1. The van der Waals surface area contributed by atoms with E-state index in [0.29, 0.717) is 17.4 Å². The average Bonchev–Trinajstić information content (AvgIpc) is 2.03. The summed E-state index contributed by atoms with van der Waals surface area (Å²) in [5.74, 6) is 0.157. The summed E-state index contributed by atoms with van der Waals surface area (Å²) < 4.78 is 0. The second-order valence-corrected chi connectivity index (χ2v) is 3.82. The largest absolute Gasteiger partial charge is 0.478 e. The zero-order valence-electron chi connectivity index (χ0n) is 7.57. The van der Waals surface area contributed by atoms with Gasteiger partial charge in [-0.3, -0.25) is 0 Å². The second-order valence-electron chi connectivity index (χ2n) is 3.82. The van der Waals surface area contributed by atoms with E-state index < -0.39 is 5.97 Å². The lowest BCUT2D eigenvalue weighted by Crippen LogP contribution is -2.30. The van der Waals surface area contributed by atoms with Crippen molar-refractivity contribution in [2.24, 2.45) is 11.8 Å². The highest BCUT2D eigenvalue weighted by atomic mass is 16.4. The molecule has 2 nitrogen and oxygen atoms in total. The fraction of sp³-hybridized carbons (Fsp3) is 0.545. The molecule has 2 unspecified atom stereocenters. The van der Waals surface area contributed by atoms with E-state index in [1.165, 1.54) is 0 Å². The fourth-order valence-electron chi connectivity index (χ4n) is 2.27. The molecular weight excluding hydrogens is 164 g/mol. The first-order chi connectivity index (χ1) is 6.29. The van der Waals surface area contributed by atoms with E-state index in [9.17, 15) is 4.79 Å². The van der Waals surface area contributed by atoms with Crippen molar-refractivity contribution in [3.05, 3.63) is 23.8 Å². The van der Waals surface area contributed by atoms with Gasteiger partial charge in [-0.15, -0.1) is 0 Å². The number of rotatable bonds is 1. The maximum Gasteiger partial charge on any atom is 0.331 e. The first-order valence-corrected chi connectivity index (χ1v) is 4.89. The molecule has 13 heavy (non-hydrogen) atoms. The molecule has 0 aliphatic heterocycles. The van der Waals surface area contributed by atoms with Crippen LogP contribution in [0.1, 0.15) is 25.7 Å². The molecule has 2 heteroatoms. The Hall–Kier alpha value is -1.05. The van der Waals surface area contributed by atoms with Crippen LogP contribution < -0.4 is 0 Å². The van der Waals surface area contributed by atoms with Crippen molar-refractivity contribution < 1.29 is 9.90 Å². The molecule has 0 amide bonds. The lowest BCUT2D eigenvalue weighted by atomic mass is 9.69. The van der Waals surface area contributed by atoms with Crippen LogP contribution in [-0.4, -0.2) is 11.1 Å². The molecule has 0 aromatic rings. The Bertz CT molecular complexity index is 276. The third-order valence-electron chi connectivity index (χ3n) is 3.03. The van der Waals surface area contributed by atoms with Gasteiger partial charge in [0.15, 0.2) is 0 Å². The lowest BCUT2D eigenvalue weighted by molar-refractivity contribution is -0.134. The molecule has 0 aromatic carbocycles. The van der Waals surface area contributed by atoms with Crippen LogP contribution in [0, 0.1) is 11.8 Å². The van der Waals surface area contributed by atoms with Gasteiger partial charge in [0.25, 0.3) is 0 Å². The highest BCUT2D eigenvalue weighted by molar-refractivity contribution is 5.89. The van der Waals surface area contributed by atoms with E-state index in [1.807, 2.05) is 6.08 Å². The summed E-state index contributed by atoms with van der Waals surface area (Å²) in [4.78, 5) is 10.7. The van der Waals surface area contributed by atoms with Crippen molar-refractivity contribution in [2.75, 3.05) is 0 Å². The van der Waals surface area contributed by atoms with E-state index in [4.69, 9.17) is 5.11 Å². The van der Waals surface area contributed by atoms with E-state index in [0.717, 1.165) is 25.7 Å². The van der Waals surface area contributed by atoms with Crippen LogP contribution >= 0.6 is 0 Å². The fourth-order valence-corrected chi connectivity index (χ4v) is 2.27. The second kappa shape index (κ2) is 3.36. The van der Waals surface area contributed by atoms with Gasteiger partial charge in [0.2, 0.25) is 0 Å². The summed E-state index contributed by atoms with van der Waals surface area (Å²) >= 11 is 0. The number of fused-ring (bicyclic) bond motifs is 1. The van der Waals surface area contributed by atoms with Crippen LogP contribution in [0.5, 0.6) is 0 Å². The minimum atomic E-state index is -0.717. The smallest absolute Gasteiger partial charge is 0.331 e. The summed E-state index contributed by atoms with van der Waals surface area (Å²) in [5.41, 5.74) is 0.653. The van der Waals surface area contributed by atoms with Gasteiger partial charge >= 0.3 is 5.97 Å². The van der Waals surface area contributed by atoms with Crippen molar-refractivity contribution in [1.29, 1.82) is 0 Å². The maximum absolute atomic E-state index is 10.7. The molecule has 2 aliphatic rings. The Morgan fingerprint density at radius 2 is 2.00 bits per heavy atom. The third kappa shape index (κ3) is 1.53. The van der Waals surface area contributed by atoms with Crippen LogP contribution in [-0.2, 0) is 4.79 Å². The molecule has 0 saturated carbocycles. The number of hydrogen-bond acceptors (Lipinski definition) is 1. The van der Waals surface area contributed by atoms with Gasteiger partial charge in [-0.25, -0.2) is 4.79 Å². The summed E-state index contributed by atoms with van der Waals surface area (Å²) in [6.45, 7) is 0. The highest BCUT2D eigenvalue weighted by Gasteiger charge is 2.35. The number of carboxylic acids is 1. The Kier molecular flexibility index (Phi) is 2.21. The van der Waals surface area contributed by atoms with Gasteiger partial charge in [0.1, 0.15) is 0 Å². The zero-order valence-corrected chi connectivity index (χ0v) is 7.57. The molecule has 0 spiro atoms. The standard InChI is InChI=1S/C11H14O2/c12-11(13)10-7-8-5-3-1-2-4-6-9(8)10/h1-2,7-9H,3-6H2,(H,12,13)/b2-1+. The van der Waals surface area contributed by atoms with Crippen molar-refractivity contribution in [1.82, 2.24) is 0 Å². The molecule has 0 radical (unpaired) electrons. The highest BCUT2D eigenvalue weighted by Crippen LogP contribution is 2.40. The zero-order chi connectivity index (χ0) is 9.26. The van der Waals surface area contributed by atoms with Gasteiger partial charge in [0.05, 0.1) is 0 Å². The average molecular weight is 178 g/mol. The molecule has 2 rings (SSSR count). The van der Waals surface area contributed by atoms with Crippen LogP contribution in [0.2, 0.25) is 0 Å². The molecular formula is C11H14O2. The Morgan fingerprint density at radius 3 is 2.69 bits per heavy atom. The molecule has 0 fully saturated rings. The number of carboxylic acid groups (broad SMARTS) is 1. The molecule has 2 atom stereocenters.